The summed E-state index contributed by atoms with van der Waals surface area (Å²) in [5.74, 6) is -1.19. The second kappa shape index (κ2) is 5.61. The minimum absolute atomic E-state index is 0.141. The summed E-state index contributed by atoms with van der Waals surface area (Å²) in [6.45, 7) is 1.46. The van der Waals surface area contributed by atoms with Gasteiger partial charge in [0.2, 0.25) is 0 Å². The van der Waals surface area contributed by atoms with Gasteiger partial charge in [-0.3, -0.25) is 4.72 Å². The molecule has 0 fully saturated rings. The molecule has 0 heterocycles. The molecule has 0 bridgehead atoms. The van der Waals surface area contributed by atoms with E-state index in [9.17, 15) is 17.2 Å². The molecular weight excluding hydrogens is 366 g/mol. The van der Waals surface area contributed by atoms with Gasteiger partial charge in [-0.25, -0.2) is 17.2 Å². The van der Waals surface area contributed by atoms with Crippen LogP contribution >= 0.6 is 15.9 Å². The maximum atomic E-state index is 13.3. The van der Waals surface area contributed by atoms with E-state index in [4.69, 9.17) is 5.73 Å². The summed E-state index contributed by atoms with van der Waals surface area (Å²) in [6, 6.07) is 5.62. The van der Waals surface area contributed by atoms with Gasteiger partial charge in [0.25, 0.3) is 10.0 Å². The van der Waals surface area contributed by atoms with Crippen LogP contribution in [0.15, 0.2) is 39.7 Å². The maximum Gasteiger partial charge on any atom is 0.262 e. The minimum Gasteiger partial charge on any atom is -0.396 e. The smallest absolute Gasteiger partial charge is 0.262 e. The van der Waals surface area contributed by atoms with Crippen LogP contribution in [0.5, 0.6) is 0 Å². The molecule has 0 radical (unpaired) electrons. The van der Waals surface area contributed by atoms with Gasteiger partial charge in [0.05, 0.1) is 16.3 Å². The van der Waals surface area contributed by atoms with Crippen LogP contribution in [0.2, 0.25) is 0 Å². The Morgan fingerprint density at radius 2 is 1.86 bits per heavy atom. The number of rotatable bonds is 3. The van der Waals surface area contributed by atoms with E-state index in [-0.39, 0.29) is 26.3 Å². The zero-order chi connectivity index (χ0) is 15.8. The maximum absolute atomic E-state index is 13.3. The topological polar surface area (TPSA) is 72.2 Å². The lowest BCUT2D eigenvalue weighted by molar-refractivity contribution is 0.599. The van der Waals surface area contributed by atoms with Crippen LogP contribution in [-0.4, -0.2) is 8.42 Å². The number of hydrogen-bond acceptors (Lipinski definition) is 3. The Bertz CT molecular complexity index is 810. The molecule has 0 atom stereocenters. The number of halogens is 3. The molecule has 21 heavy (non-hydrogen) atoms. The molecule has 0 spiro atoms. The van der Waals surface area contributed by atoms with Crippen molar-refractivity contribution in [2.45, 2.75) is 11.8 Å². The number of hydrogen-bond donors (Lipinski definition) is 2. The van der Waals surface area contributed by atoms with Crippen LogP contribution in [0.3, 0.4) is 0 Å². The summed E-state index contributed by atoms with van der Waals surface area (Å²) in [7, 11) is -3.97. The molecule has 0 aromatic heterocycles. The van der Waals surface area contributed by atoms with Gasteiger partial charge in [0.15, 0.2) is 0 Å². The lowest BCUT2D eigenvalue weighted by Gasteiger charge is -2.12. The zero-order valence-electron chi connectivity index (χ0n) is 10.8. The summed E-state index contributed by atoms with van der Waals surface area (Å²) in [6.07, 6.45) is 0. The summed E-state index contributed by atoms with van der Waals surface area (Å²) in [4.78, 5) is -0.141. The van der Waals surface area contributed by atoms with Crippen LogP contribution < -0.4 is 10.5 Å². The van der Waals surface area contributed by atoms with Crippen molar-refractivity contribution in [2.75, 3.05) is 10.5 Å². The van der Waals surface area contributed by atoms with E-state index < -0.39 is 21.7 Å². The third-order valence-corrected chi connectivity index (χ3v) is 4.92. The van der Waals surface area contributed by atoms with Gasteiger partial charge in [-0.2, -0.15) is 0 Å². The third kappa shape index (κ3) is 3.33. The number of sulfonamides is 1. The lowest BCUT2D eigenvalue weighted by Crippen LogP contribution is -2.15. The van der Waals surface area contributed by atoms with Crippen molar-refractivity contribution in [1.29, 1.82) is 0 Å². The fourth-order valence-electron chi connectivity index (χ4n) is 1.73. The number of nitrogens with one attached hydrogen (secondary N) is 1. The Morgan fingerprint density at radius 3 is 2.48 bits per heavy atom. The first-order chi connectivity index (χ1) is 9.70. The summed E-state index contributed by atoms with van der Waals surface area (Å²) in [5.41, 5.74) is 5.52. The molecule has 2 aromatic rings. The SMILES string of the molecule is Cc1cc(F)c(N)cc1S(=O)(=O)Nc1ccc(F)cc1Br. The Kier molecular flexibility index (Phi) is 4.20. The van der Waals surface area contributed by atoms with E-state index in [0.717, 1.165) is 24.3 Å². The average Bonchev–Trinajstić information content (AvgIpc) is 2.37. The van der Waals surface area contributed by atoms with Crippen molar-refractivity contribution in [3.05, 3.63) is 52.0 Å². The normalized spacial score (nSPS) is 11.4. The highest BCUT2D eigenvalue weighted by atomic mass is 79.9. The van der Waals surface area contributed by atoms with Crippen LogP contribution in [0.1, 0.15) is 5.56 Å². The van der Waals surface area contributed by atoms with Crippen LogP contribution in [0.25, 0.3) is 0 Å². The van der Waals surface area contributed by atoms with Gasteiger partial charge >= 0.3 is 0 Å². The Balaban J connectivity index is 2.46. The molecule has 0 amide bonds. The van der Waals surface area contributed by atoms with Crippen LogP contribution in [-0.2, 0) is 10.0 Å². The van der Waals surface area contributed by atoms with Gasteiger partial charge in [0.1, 0.15) is 11.6 Å². The number of benzene rings is 2. The number of nitrogens with two attached hydrogens (primary N) is 1. The molecule has 0 unspecified atom stereocenters. The van der Waals surface area contributed by atoms with Crippen molar-refractivity contribution >= 4 is 37.3 Å². The van der Waals surface area contributed by atoms with E-state index in [1.54, 1.807) is 0 Å². The van der Waals surface area contributed by atoms with Crippen LogP contribution in [0.4, 0.5) is 20.2 Å². The monoisotopic (exact) mass is 376 g/mol. The predicted molar refractivity (Wildman–Crippen MR) is 80.5 cm³/mol. The highest BCUT2D eigenvalue weighted by molar-refractivity contribution is 9.10. The quantitative estimate of drug-likeness (QED) is 0.806. The summed E-state index contributed by atoms with van der Waals surface area (Å²) >= 11 is 3.07. The molecule has 0 aliphatic rings. The second-order valence-corrected chi connectivity index (χ2v) is 6.87. The fourth-order valence-corrected chi connectivity index (χ4v) is 3.65. The highest BCUT2D eigenvalue weighted by Crippen LogP contribution is 2.28. The lowest BCUT2D eigenvalue weighted by atomic mass is 10.2. The molecule has 3 N–H and O–H groups in total. The first-order valence-corrected chi connectivity index (χ1v) is 8.02. The molecule has 0 saturated heterocycles. The van der Waals surface area contributed by atoms with E-state index in [2.05, 4.69) is 20.7 Å². The molecule has 0 aliphatic heterocycles. The van der Waals surface area contributed by atoms with Crippen LogP contribution in [0, 0.1) is 18.6 Å². The summed E-state index contributed by atoms with van der Waals surface area (Å²) < 4.78 is 53.5. The Morgan fingerprint density at radius 1 is 1.19 bits per heavy atom. The molecule has 2 aromatic carbocycles. The van der Waals surface area contributed by atoms with E-state index in [0.29, 0.717) is 0 Å². The van der Waals surface area contributed by atoms with Crippen molar-refractivity contribution in [3.63, 3.8) is 0 Å². The molecule has 112 valence electrons. The average molecular weight is 377 g/mol. The van der Waals surface area contributed by atoms with E-state index in [1.165, 1.54) is 13.0 Å². The van der Waals surface area contributed by atoms with Crippen molar-refractivity contribution in [1.82, 2.24) is 0 Å². The molecular formula is C13H11BrF2N2O2S. The molecule has 0 aliphatic carbocycles. The number of aryl methyl sites for hydroxylation is 1. The highest BCUT2D eigenvalue weighted by Gasteiger charge is 2.20. The van der Waals surface area contributed by atoms with Gasteiger partial charge in [-0.1, -0.05) is 0 Å². The standard InChI is InChI=1S/C13H11BrF2N2O2S/c1-7-4-10(16)11(17)6-13(7)21(19,20)18-12-3-2-8(15)5-9(12)14/h2-6,18H,17H2,1H3. The van der Waals surface area contributed by atoms with E-state index >= 15 is 0 Å². The molecule has 4 nitrogen and oxygen atoms in total. The molecule has 2 rings (SSSR count). The second-order valence-electron chi connectivity index (χ2n) is 4.37. The van der Waals surface area contributed by atoms with Crippen molar-refractivity contribution < 1.29 is 17.2 Å². The minimum atomic E-state index is -3.97. The Labute approximate surface area is 129 Å². The number of nitrogen functional groups attached to an aromatic ring is 1. The van der Waals surface area contributed by atoms with Crippen molar-refractivity contribution in [3.8, 4) is 0 Å². The van der Waals surface area contributed by atoms with Gasteiger partial charge in [0, 0.05) is 4.47 Å². The first kappa shape index (κ1) is 15.7. The molecule has 0 saturated carbocycles. The third-order valence-electron chi connectivity index (χ3n) is 2.76. The van der Waals surface area contributed by atoms with Gasteiger partial charge in [-0.15, -0.1) is 0 Å². The van der Waals surface area contributed by atoms with Gasteiger partial charge in [-0.05, 0) is 58.7 Å². The zero-order valence-corrected chi connectivity index (χ0v) is 13.2. The van der Waals surface area contributed by atoms with Crippen molar-refractivity contribution in [2.24, 2.45) is 0 Å². The largest absolute Gasteiger partial charge is 0.396 e. The fraction of sp³-hybridized carbons (Fsp3) is 0.0769. The summed E-state index contributed by atoms with van der Waals surface area (Å²) in [5, 5.41) is 0. The number of anilines is 2. The molecule has 8 heteroatoms. The van der Waals surface area contributed by atoms with Gasteiger partial charge < -0.3 is 5.73 Å². The van der Waals surface area contributed by atoms with E-state index in [1.807, 2.05) is 0 Å². The Hall–Kier alpha value is -1.67. The first-order valence-electron chi connectivity index (χ1n) is 5.74. The predicted octanol–water partition coefficient (Wildman–Crippen LogP) is 3.42.